The van der Waals surface area contributed by atoms with Crippen LogP contribution in [0.2, 0.25) is 0 Å². The lowest BCUT2D eigenvalue weighted by Gasteiger charge is -2.11. The molecule has 0 unspecified atom stereocenters. The van der Waals surface area contributed by atoms with Crippen LogP contribution in [0.4, 0.5) is 0 Å². The van der Waals surface area contributed by atoms with Gasteiger partial charge in [-0.05, 0) is 40.5 Å². The molecule has 0 aliphatic carbocycles. The molecule has 0 fully saturated rings. The highest BCUT2D eigenvalue weighted by Gasteiger charge is 2.17. The van der Waals surface area contributed by atoms with E-state index in [1.165, 1.54) is 7.11 Å². The molecule has 0 aromatic heterocycles. The van der Waals surface area contributed by atoms with Crippen LogP contribution in [0.25, 0.3) is 0 Å². The number of hydrogen-bond acceptors (Lipinski definition) is 3. The van der Waals surface area contributed by atoms with E-state index in [1.807, 2.05) is 6.07 Å². The number of carbonyl (C=O) groups excluding carboxylic acids is 1. The van der Waals surface area contributed by atoms with Crippen molar-refractivity contribution in [2.45, 2.75) is 12.3 Å². The zero-order chi connectivity index (χ0) is 12.1. The lowest BCUT2D eigenvalue weighted by molar-refractivity contribution is 0.0522. The molecular formula is C11H12Br2O3. The van der Waals surface area contributed by atoms with Crippen molar-refractivity contribution in [3.05, 3.63) is 27.7 Å². The smallest absolute Gasteiger partial charge is 0.341 e. The minimum atomic E-state index is -0.372. The number of carbonyl (C=O) groups is 1. The van der Waals surface area contributed by atoms with E-state index in [2.05, 4.69) is 31.9 Å². The van der Waals surface area contributed by atoms with Crippen molar-refractivity contribution < 1.29 is 14.3 Å². The monoisotopic (exact) mass is 350 g/mol. The standard InChI is InChI=1S/C11H12Br2O3/c1-3-16-11(14)8-4-7(6-12)5-9(13)10(8)15-2/h4-5H,3,6H2,1-2H3. The van der Waals surface area contributed by atoms with Gasteiger partial charge in [0, 0.05) is 5.33 Å². The van der Waals surface area contributed by atoms with E-state index in [4.69, 9.17) is 9.47 Å². The Hall–Kier alpha value is -0.550. The van der Waals surface area contributed by atoms with Crippen LogP contribution < -0.4 is 4.74 Å². The van der Waals surface area contributed by atoms with Crippen molar-refractivity contribution in [2.75, 3.05) is 13.7 Å². The van der Waals surface area contributed by atoms with Crippen molar-refractivity contribution in [3.8, 4) is 5.75 Å². The van der Waals surface area contributed by atoms with Gasteiger partial charge in [0.05, 0.1) is 18.2 Å². The zero-order valence-corrected chi connectivity index (χ0v) is 12.2. The van der Waals surface area contributed by atoms with Crippen LogP contribution in [0.5, 0.6) is 5.75 Å². The average Bonchev–Trinajstić information content (AvgIpc) is 2.28. The first-order valence-electron chi connectivity index (χ1n) is 4.73. The number of alkyl halides is 1. The Labute approximate surface area is 111 Å². The van der Waals surface area contributed by atoms with Gasteiger partial charge in [-0.1, -0.05) is 15.9 Å². The Morgan fingerprint density at radius 3 is 2.62 bits per heavy atom. The molecule has 1 rings (SSSR count). The SMILES string of the molecule is CCOC(=O)c1cc(CBr)cc(Br)c1OC. The molecule has 0 bridgehead atoms. The van der Waals surface area contributed by atoms with Crippen molar-refractivity contribution in [3.63, 3.8) is 0 Å². The van der Waals surface area contributed by atoms with Crippen LogP contribution in [-0.4, -0.2) is 19.7 Å². The lowest BCUT2D eigenvalue weighted by atomic mass is 10.1. The Kier molecular flexibility index (Phi) is 5.28. The van der Waals surface area contributed by atoms with Gasteiger partial charge in [0.15, 0.2) is 0 Å². The first-order chi connectivity index (χ1) is 7.63. The minimum Gasteiger partial charge on any atom is -0.495 e. The number of methoxy groups -OCH3 is 1. The molecule has 1 aromatic carbocycles. The first-order valence-corrected chi connectivity index (χ1v) is 6.65. The van der Waals surface area contributed by atoms with E-state index >= 15 is 0 Å². The molecule has 0 aliphatic heterocycles. The minimum absolute atomic E-state index is 0.345. The fourth-order valence-electron chi connectivity index (χ4n) is 1.29. The normalized spacial score (nSPS) is 10.0. The third-order valence-corrected chi connectivity index (χ3v) is 3.19. The van der Waals surface area contributed by atoms with Gasteiger partial charge in [0.25, 0.3) is 0 Å². The van der Waals surface area contributed by atoms with Gasteiger partial charge < -0.3 is 9.47 Å². The summed E-state index contributed by atoms with van der Waals surface area (Å²) in [4.78, 5) is 11.7. The summed E-state index contributed by atoms with van der Waals surface area (Å²) in [5, 5.41) is 0.669. The van der Waals surface area contributed by atoms with Gasteiger partial charge in [-0.3, -0.25) is 0 Å². The molecule has 0 heterocycles. The van der Waals surface area contributed by atoms with Crippen LogP contribution in [0.15, 0.2) is 16.6 Å². The number of benzene rings is 1. The fraction of sp³-hybridized carbons (Fsp3) is 0.364. The number of ether oxygens (including phenoxy) is 2. The summed E-state index contributed by atoms with van der Waals surface area (Å²) in [5.74, 6) is 0.131. The van der Waals surface area contributed by atoms with E-state index in [0.29, 0.717) is 23.2 Å². The van der Waals surface area contributed by atoms with E-state index in [0.717, 1.165) is 10.0 Å². The van der Waals surface area contributed by atoms with E-state index < -0.39 is 0 Å². The third kappa shape index (κ3) is 2.98. The maximum Gasteiger partial charge on any atom is 0.341 e. The first kappa shape index (κ1) is 13.5. The van der Waals surface area contributed by atoms with Crippen molar-refractivity contribution in [1.82, 2.24) is 0 Å². The van der Waals surface area contributed by atoms with Gasteiger partial charge in [-0.15, -0.1) is 0 Å². The second kappa shape index (κ2) is 6.25. The molecule has 1 aromatic rings. The largest absolute Gasteiger partial charge is 0.495 e. The predicted molar refractivity (Wildman–Crippen MR) is 69.3 cm³/mol. The Morgan fingerprint density at radius 2 is 2.12 bits per heavy atom. The molecule has 0 radical (unpaired) electrons. The molecule has 0 saturated carbocycles. The Morgan fingerprint density at radius 1 is 1.44 bits per heavy atom. The van der Waals surface area contributed by atoms with Crippen molar-refractivity contribution in [2.24, 2.45) is 0 Å². The maximum absolute atomic E-state index is 11.7. The summed E-state index contributed by atoms with van der Waals surface area (Å²) < 4.78 is 10.9. The third-order valence-electron chi connectivity index (χ3n) is 1.96. The summed E-state index contributed by atoms with van der Waals surface area (Å²) in [6.45, 7) is 2.12. The highest BCUT2D eigenvalue weighted by molar-refractivity contribution is 9.10. The van der Waals surface area contributed by atoms with Crippen LogP contribution in [0.3, 0.4) is 0 Å². The number of hydrogen-bond donors (Lipinski definition) is 0. The van der Waals surface area contributed by atoms with Crippen LogP contribution in [-0.2, 0) is 10.1 Å². The summed E-state index contributed by atoms with van der Waals surface area (Å²) in [5.41, 5.74) is 1.42. The second-order valence-corrected chi connectivity index (χ2v) is 4.43. The molecular weight excluding hydrogens is 340 g/mol. The summed E-state index contributed by atoms with van der Waals surface area (Å²) >= 11 is 6.71. The highest BCUT2D eigenvalue weighted by Crippen LogP contribution is 2.31. The molecule has 0 aliphatic rings. The molecule has 3 nitrogen and oxygen atoms in total. The Balaban J connectivity index is 3.22. The van der Waals surface area contributed by atoms with Gasteiger partial charge in [0.2, 0.25) is 0 Å². The molecule has 16 heavy (non-hydrogen) atoms. The van der Waals surface area contributed by atoms with E-state index in [9.17, 15) is 4.79 Å². The molecule has 0 N–H and O–H groups in total. The predicted octanol–water partition coefficient (Wildman–Crippen LogP) is 3.53. The topological polar surface area (TPSA) is 35.5 Å². The summed E-state index contributed by atoms with van der Waals surface area (Å²) in [6, 6.07) is 3.66. The van der Waals surface area contributed by atoms with Crippen LogP contribution >= 0.6 is 31.9 Å². The van der Waals surface area contributed by atoms with Crippen molar-refractivity contribution >= 4 is 37.8 Å². The number of rotatable bonds is 4. The molecule has 5 heteroatoms. The average molecular weight is 352 g/mol. The van der Waals surface area contributed by atoms with Crippen LogP contribution in [0, 0.1) is 0 Å². The molecule has 0 amide bonds. The lowest BCUT2D eigenvalue weighted by Crippen LogP contribution is -2.07. The molecule has 0 saturated heterocycles. The maximum atomic E-state index is 11.7. The second-order valence-electron chi connectivity index (χ2n) is 3.01. The van der Waals surface area contributed by atoms with Crippen LogP contribution in [0.1, 0.15) is 22.8 Å². The van der Waals surface area contributed by atoms with Gasteiger partial charge in [-0.25, -0.2) is 4.79 Å². The summed E-state index contributed by atoms with van der Waals surface area (Å²) in [6.07, 6.45) is 0. The molecule has 88 valence electrons. The Bertz CT molecular complexity index is 391. The molecule has 0 atom stereocenters. The molecule has 0 spiro atoms. The fourth-order valence-corrected chi connectivity index (χ4v) is 2.29. The zero-order valence-electron chi connectivity index (χ0n) is 9.05. The number of halogens is 2. The number of esters is 1. The van der Waals surface area contributed by atoms with Gasteiger partial charge in [-0.2, -0.15) is 0 Å². The highest BCUT2D eigenvalue weighted by atomic mass is 79.9. The van der Waals surface area contributed by atoms with Gasteiger partial charge >= 0.3 is 5.97 Å². The van der Waals surface area contributed by atoms with E-state index in [-0.39, 0.29) is 5.97 Å². The van der Waals surface area contributed by atoms with E-state index in [1.54, 1.807) is 13.0 Å². The summed E-state index contributed by atoms with van der Waals surface area (Å²) in [7, 11) is 1.52. The quantitative estimate of drug-likeness (QED) is 0.615. The van der Waals surface area contributed by atoms with Crippen molar-refractivity contribution in [1.29, 1.82) is 0 Å². The van der Waals surface area contributed by atoms with Gasteiger partial charge in [0.1, 0.15) is 11.3 Å².